The second-order valence-corrected chi connectivity index (χ2v) is 7.43. The van der Waals surface area contributed by atoms with Crippen LogP contribution < -0.4 is 5.32 Å². The first-order chi connectivity index (χ1) is 13.0. The number of fused-ring (bicyclic) bond motifs is 1. The molecule has 1 aliphatic heterocycles. The highest BCUT2D eigenvalue weighted by Crippen LogP contribution is 2.28. The van der Waals surface area contributed by atoms with Gasteiger partial charge in [-0.3, -0.25) is 19.3 Å². The van der Waals surface area contributed by atoms with Crippen LogP contribution >= 0.6 is 11.3 Å². The maximum absolute atomic E-state index is 12.5. The molecule has 0 saturated carbocycles. The molecule has 0 aliphatic carbocycles. The molecule has 1 saturated heterocycles. The lowest BCUT2D eigenvalue weighted by molar-refractivity contribution is -0.384. The fourth-order valence-electron chi connectivity index (χ4n) is 3.17. The van der Waals surface area contributed by atoms with Gasteiger partial charge in [-0.15, -0.1) is 0 Å². The first-order valence-electron chi connectivity index (χ1n) is 8.66. The van der Waals surface area contributed by atoms with E-state index in [1.165, 1.54) is 23.5 Å². The average Bonchev–Trinajstić information content (AvgIpc) is 3.38. The Hall–Kier alpha value is -2.78. The van der Waals surface area contributed by atoms with Crippen molar-refractivity contribution in [3.63, 3.8) is 0 Å². The first kappa shape index (κ1) is 17.6. The Morgan fingerprint density at radius 3 is 3.07 bits per heavy atom. The minimum absolute atomic E-state index is 0.0229. The van der Waals surface area contributed by atoms with E-state index < -0.39 is 4.92 Å². The summed E-state index contributed by atoms with van der Waals surface area (Å²) < 4.78 is 7.37. The third-order valence-corrected chi connectivity index (χ3v) is 5.79. The van der Waals surface area contributed by atoms with Crippen molar-refractivity contribution in [3.05, 3.63) is 51.1 Å². The number of benzene rings is 1. The summed E-state index contributed by atoms with van der Waals surface area (Å²) in [5.41, 5.74) is 2.13. The summed E-state index contributed by atoms with van der Waals surface area (Å²) in [6, 6.07) is 6.36. The number of nitro benzene ring substituents is 1. The monoisotopic (exact) mass is 386 g/mol. The number of imidazole rings is 1. The molecule has 3 aromatic rings. The van der Waals surface area contributed by atoms with Crippen molar-refractivity contribution in [2.75, 3.05) is 13.2 Å². The number of ether oxygens (including phenoxy) is 1. The molecule has 2 aromatic heterocycles. The minimum atomic E-state index is -0.427. The van der Waals surface area contributed by atoms with Crippen LogP contribution in [0, 0.1) is 17.0 Å². The zero-order valence-electron chi connectivity index (χ0n) is 14.7. The number of aryl methyl sites for hydroxylation is 1. The summed E-state index contributed by atoms with van der Waals surface area (Å²) in [7, 11) is 0. The van der Waals surface area contributed by atoms with Gasteiger partial charge in [0.25, 0.3) is 11.6 Å². The molecule has 140 valence electrons. The van der Waals surface area contributed by atoms with E-state index >= 15 is 0 Å². The molecule has 1 amide bonds. The summed E-state index contributed by atoms with van der Waals surface area (Å²) in [6.45, 7) is 3.13. The van der Waals surface area contributed by atoms with E-state index in [4.69, 9.17) is 4.74 Å². The number of thiazole rings is 1. The number of carbonyl (C=O) groups is 1. The van der Waals surface area contributed by atoms with Gasteiger partial charge in [0.1, 0.15) is 4.88 Å². The lowest BCUT2D eigenvalue weighted by atomic mass is 10.1. The zero-order chi connectivity index (χ0) is 19.0. The fraction of sp³-hybridized carbons (Fsp3) is 0.333. The van der Waals surface area contributed by atoms with Gasteiger partial charge in [0.05, 0.1) is 16.7 Å². The van der Waals surface area contributed by atoms with E-state index in [0.717, 1.165) is 25.1 Å². The number of rotatable bonds is 5. The number of carbonyl (C=O) groups excluding carboxylic acids is 1. The van der Waals surface area contributed by atoms with Crippen LogP contribution in [0.3, 0.4) is 0 Å². The van der Waals surface area contributed by atoms with Crippen LogP contribution in [-0.4, -0.2) is 39.5 Å². The van der Waals surface area contributed by atoms with Gasteiger partial charge in [-0.05, 0) is 19.8 Å². The quantitative estimate of drug-likeness (QED) is 0.536. The van der Waals surface area contributed by atoms with Crippen molar-refractivity contribution in [1.29, 1.82) is 0 Å². The number of nitrogens with one attached hydrogen (secondary N) is 1. The second-order valence-electron chi connectivity index (χ2n) is 6.45. The van der Waals surface area contributed by atoms with Gasteiger partial charge in [-0.1, -0.05) is 23.5 Å². The van der Waals surface area contributed by atoms with Crippen molar-refractivity contribution in [2.45, 2.75) is 25.9 Å². The molecular formula is C18H18N4O4S. The molecule has 1 aliphatic rings. The summed E-state index contributed by atoms with van der Waals surface area (Å²) in [6.07, 6.45) is 3.91. The lowest BCUT2D eigenvalue weighted by Gasteiger charge is -2.10. The molecule has 9 heteroatoms. The number of aromatic nitrogens is 2. The largest absolute Gasteiger partial charge is 0.376 e. The first-order valence-corrected chi connectivity index (χ1v) is 9.47. The number of nitrogens with zero attached hydrogens (tertiary/aromatic N) is 3. The molecule has 3 heterocycles. The van der Waals surface area contributed by atoms with Crippen LogP contribution in [0.1, 0.15) is 28.2 Å². The molecule has 27 heavy (non-hydrogen) atoms. The van der Waals surface area contributed by atoms with E-state index in [0.29, 0.717) is 27.6 Å². The summed E-state index contributed by atoms with van der Waals surface area (Å²) >= 11 is 1.31. The van der Waals surface area contributed by atoms with Crippen molar-refractivity contribution in [1.82, 2.24) is 14.7 Å². The number of hydrogen-bond acceptors (Lipinski definition) is 6. The lowest BCUT2D eigenvalue weighted by Crippen LogP contribution is -2.31. The number of non-ortho nitro benzene ring substituents is 1. The number of nitro groups is 1. The van der Waals surface area contributed by atoms with Crippen molar-refractivity contribution >= 4 is 27.9 Å². The highest BCUT2D eigenvalue weighted by molar-refractivity contribution is 7.19. The molecular weight excluding hydrogens is 368 g/mol. The van der Waals surface area contributed by atoms with Crippen LogP contribution in [-0.2, 0) is 4.74 Å². The molecule has 0 bridgehead atoms. The van der Waals surface area contributed by atoms with Crippen LogP contribution in [0.2, 0.25) is 0 Å². The van der Waals surface area contributed by atoms with E-state index in [1.54, 1.807) is 18.3 Å². The summed E-state index contributed by atoms with van der Waals surface area (Å²) in [5, 5.41) is 13.9. The Morgan fingerprint density at radius 2 is 2.37 bits per heavy atom. The molecule has 0 spiro atoms. The van der Waals surface area contributed by atoms with Gasteiger partial charge in [-0.2, -0.15) is 0 Å². The smallest absolute Gasteiger partial charge is 0.270 e. The van der Waals surface area contributed by atoms with Gasteiger partial charge in [-0.25, -0.2) is 4.98 Å². The van der Waals surface area contributed by atoms with E-state index in [2.05, 4.69) is 10.3 Å². The van der Waals surface area contributed by atoms with E-state index in [9.17, 15) is 14.9 Å². The van der Waals surface area contributed by atoms with Crippen LogP contribution in [0.25, 0.3) is 16.2 Å². The van der Waals surface area contributed by atoms with Crippen molar-refractivity contribution < 1.29 is 14.5 Å². The highest BCUT2D eigenvalue weighted by Gasteiger charge is 2.21. The summed E-state index contributed by atoms with van der Waals surface area (Å²) in [5.74, 6) is -0.129. The SMILES string of the molecule is Cc1c(C(=O)NC[C@@H]2CCCO2)sc2nc(-c3cccc([N+](=O)[O-])c3)cn12. The van der Waals surface area contributed by atoms with Crippen LogP contribution in [0.15, 0.2) is 30.5 Å². The Balaban J connectivity index is 1.57. The van der Waals surface area contributed by atoms with Crippen molar-refractivity contribution in [2.24, 2.45) is 0 Å². The average molecular weight is 386 g/mol. The molecule has 8 nitrogen and oxygen atoms in total. The van der Waals surface area contributed by atoms with Crippen LogP contribution in [0.4, 0.5) is 5.69 Å². The topological polar surface area (TPSA) is 98.8 Å². The maximum atomic E-state index is 12.5. The molecule has 1 N–H and O–H groups in total. The van der Waals surface area contributed by atoms with Gasteiger partial charge in [0.2, 0.25) is 0 Å². The van der Waals surface area contributed by atoms with Gasteiger partial charge >= 0.3 is 0 Å². The van der Waals surface area contributed by atoms with Gasteiger partial charge in [0.15, 0.2) is 4.96 Å². The number of amides is 1. The predicted molar refractivity (Wildman–Crippen MR) is 101 cm³/mol. The normalized spacial score (nSPS) is 16.7. The second kappa shape index (κ2) is 7.09. The standard InChI is InChI=1S/C18H18N4O4S/c1-11-16(17(23)19-9-14-6-3-7-26-14)27-18-20-15(10-21(11)18)12-4-2-5-13(8-12)22(24)25/h2,4-5,8,10,14H,3,6-7,9H2,1H3,(H,19,23)/t14-/m0/s1. The number of hydrogen-bond donors (Lipinski definition) is 1. The maximum Gasteiger partial charge on any atom is 0.270 e. The molecule has 1 atom stereocenters. The predicted octanol–water partition coefficient (Wildman–Crippen LogP) is 3.19. The van der Waals surface area contributed by atoms with E-state index in [-0.39, 0.29) is 17.7 Å². The zero-order valence-corrected chi connectivity index (χ0v) is 15.5. The molecule has 1 aromatic carbocycles. The Morgan fingerprint density at radius 1 is 1.52 bits per heavy atom. The molecule has 0 radical (unpaired) electrons. The van der Waals surface area contributed by atoms with Gasteiger partial charge < -0.3 is 10.1 Å². The summed E-state index contributed by atoms with van der Waals surface area (Å²) in [4.78, 5) is 28.9. The third-order valence-electron chi connectivity index (χ3n) is 4.63. The molecule has 0 unspecified atom stereocenters. The molecule has 4 rings (SSSR count). The highest BCUT2D eigenvalue weighted by atomic mass is 32.1. The van der Waals surface area contributed by atoms with E-state index in [1.807, 2.05) is 11.3 Å². The van der Waals surface area contributed by atoms with Gasteiger partial charge in [0, 0.05) is 42.7 Å². The Kier molecular flexibility index (Phi) is 4.63. The Labute approximate surface area is 158 Å². The van der Waals surface area contributed by atoms with Crippen molar-refractivity contribution in [3.8, 4) is 11.3 Å². The minimum Gasteiger partial charge on any atom is -0.376 e. The fourth-order valence-corrected chi connectivity index (χ4v) is 4.20. The third kappa shape index (κ3) is 3.43. The molecule has 1 fully saturated rings. The van der Waals surface area contributed by atoms with Crippen LogP contribution in [0.5, 0.6) is 0 Å². The Bertz CT molecular complexity index is 1020.